The number of aromatic amines is 1. The van der Waals surface area contributed by atoms with Crippen molar-refractivity contribution in [2.75, 3.05) is 6.54 Å². The number of halogens is 2. The van der Waals surface area contributed by atoms with E-state index in [9.17, 15) is 15.0 Å². The predicted molar refractivity (Wildman–Crippen MR) is 116 cm³/mol. The summed E-state index contributed by atoms with van der Waals surface area (Å²) in [6.45, 7) is 0.426. The molecular formula is C19H16BrClN2O3S. The predicted octanol–water partition coefficient (Wildman–Crippen LogP) is 4.51. The first-order valence-corrected chi connectivity index (χ1v) is 9.65. The monoisotopic (exact) mass is 466 g/mol. The first-order chi connectivity index (χ1) is 12.5. The van der Waals surface area contributed by atoms with Gasteiger partial charge in [-0.05, 0) is 54.2 Å². The summed E-state index contributed by atoms with van der Waals surface area (Å²) >= 11 is 4.90. The minimum absolute atomic E-state index is 0. The van der Waals surface area contributed by atoms with Crippen LogP contribution in [0.3, 0.4) is 0 Å². The van der Waals surface area contributed by atoms with Crippen LogP contribution in [0.1, 0.15) is 5.56 Å². The summed E-state index contributed by atoms with van der Waals surface area (Å²) in [5, 5.41) is 24.3. The van der Waals surface area contributed by atoms with Gasteiger partial charge in [-0.25, -0.2) is 0 Å². The van der Waals surface area contributed by atoms with Gasteiger partial charge in [-0.1, -0.05) is 15.9 Å². The number of pyridine rings is 1. The zero-order chi connectivity index (χ0) is 18.4. The number of aromatic nitrogens is 1. The third-order valence-corrected chi connectivity index (χ3v) is 5.99. The van der Waals surface area contributed by atoms with Crippen molar-refractivity contribution >= 4 is 60.7 Å². The van der Waals surface area contributed by atoms with Gasteiger partial charge in [-0.15, -0.1) is 23.7 Å². The highest BCUT2D eigenvalue weighted by Gasteiger charge is 2.18. The molecule has 2 aromatic heterocycles. The Kier molecular flexibility index (Phi) is 5.48. The van der Waals surface area contributed by atoms with Gasteiger partial charge in [-0.2, -0.15) is 0 Å². The second-order valence-electron chi connectivity index (χ2n) is 6.00. The van der Waals surface area contributed by atoms with Crippen molar-refractivity contribution in [3.05, 3.63) is 56.1 Å². The van der Waals surface area contributed by atoms with E-state index in [0.717, 1.165) is 20.8 Å². The zero-order valence-corrected chi connectivity index (χ0v) is 17.2. The Morgan fingerprint density at radius 2 is 1.93 bits per heavy atom. The van der Waals surface area contributed by atoms with Crippen LogP contribution in [-0.4, -0.2) is 21.7 Å². The molecule has 0 atom stereocenters. The van der Waals surface area contributed by atoms with Crippen LogP contribution in [0.4, 0.5) is 0 Å². The molecule has 0 aliphatic heterocycles. The summed E-state index contributed by atoms with van der Waals surface area (Å²) in [7, 11) is 0. The summed E-state index contributed by atoms with van der Waals surface area (Å²) in [6, 6.07) is 8.53. The molecule has 0 radical (unpaired) electrons. The molecule has 2 aromatic carbocycles. The van der Waals surface area contributed by atoms with Gasteiger partial charge in [0.2, 0.25) is 0 Å². The second kappa shape index (κ2) is 7.52. The van der Waals surface area contributed by atoms with Crippen LogP contribution in [0.2, 0.25) is 0 Å². The molecule has 5 nitrogen and oxygen atoms in total. The first-order valence-electron chi connectivity index (χ1n) is 7.98. The molecule has 2 heterocycles. The highest BCUT2D eigenvalue weighted by molar-refractivity contribution is 9.10. The summed E-state index contributed by atoms with van der Waals surface area (Å²) in [5.41, 5.74) is 8.01. The van der Waals surface area contributed by atoms with Crippen LogP contribution in [0.15, 0.2) is 45.0 Å². The number of hydrogen-bond donors (Lipinski definition) is 4. The normalized spacial score (nSPS) is 11.0. The topological polar surface area (TPSA) is 99.3 Å². The van der Waals surface area contributed by atoms with E-state index in [1.807, 2.05) is 17.5 Å². The van der Waals surface area contributed by atoms with Gasteiger partial charge in [0.25, 0.3) is 5.56 Å². The number of nitrogens with one attached hydrogen (secondary N) is 1. The average Bonchev–Trinajstić information content (AvgIpc) is 3.09. The fraction of sp³-hybridized carbons (Fsp3) is 0.105. The Morgan fingerprint density at radius 1 is 1.15 bits per heavy atom. The van der Waals surface area contributed by atoms with Crippen molar-refractivity contribution < 1.29 is 10.2 Å². The van der Waals surface area contributed by atoms with Gasteiger partial charge in [0, 0.05) is 31.9 Å². The maximum absolute atomic E-state index is 12.3. The quantitative estimate of drug-likeness (QED) is 0.356. The lowest BCUT2D eigenvalue weighted by Gasteiger charge is -2.14. The van der Waals surface area contributed by atoms with E-state index < -0.39 is 0 Å². The Labute approximate surface area is 173 Å². The van der Waals surface area contributed by atoms with Gasteiger partial charge in [0.15, 0.2) is 0 Å². The van der Waals surface area contributed by atoms with Crippen molar-refractivity contribution in [1.29, 1.82) is 0 Å². The van der Waals surface area contributed by atoms with E-state index >= 15 is 0 Å². The molecule has 0 saturated carbocycles. The molecule has 27 heavy (non-hydrogen) atoms. The van der Waals surface area contributed by atoms with Crippen LogP contribution in [0.5, 0.6) is 11.5 Å². The summed E-state index contributed by atoms with van der Waals surface area (Å²) in [6.07, 6.45) is 0.550. The number of rotatable bonds is 3. The Balaban J connectivity index is 0.00000210. The molecule has 0 amide bonds. The van der Waals surface area contributed by atoms with Crippen molar-refractivity contribution in [2.45, 2.75) is 6.42 Å². The molecule has 5 N–H and O–H groups in total. The lowest BCUT2D eigenvalue weighted by atomic mass is 9.95. The largest absolute Gasteiger partial charge is 0.508 e. The number of hydrogen-bond acceptors (Lipinski definition) is 5. The van der Waals surface area contributed by atoms with E-state index in [2.05, 4.69) is 20.9 Å². The molecule has 0 saturated heterocycles. The fourth-order valence-electron chi connectivity index (χ4n) is 3.26. The average molecular weight is 468 g/mol. The molecule has 0 bridgehead atoms. The van der Waals surface area contributed by atoms with Gasteiger partial charge >= 0.3 is 0 Å². The highest BCUT2D eigenvalue weighted by Crippen LogP contribution is 2.44. The Bertz CT molecular complexity index is 1220. The lowest BCUT2D eigenvalue weighted by molar-refractivity contribution is 0.468. The highest BCUT2D eigenvalue weighted by atomic mass is 79.9. The molecule has 4 rings (SSSR count). The molecule has 0 spiro atoms. The van der Waals surface area contributed by atoms with Crippen LogP contribution < -0.4 is 11.3 Å². The van der Waals surface area contributed by atoms with E-state index in [-0.39, 0.29) is 29.5 Å². The molecule has 8 heteroatoms. The van der Waals surface area contributed by atoms with Crippen molar-refractivity contribution in [3.8, 4) is 22.6 Å². The SMILES string of the molecule is Cl.NCCc1cc(Br)c(-c2c(O)ccc3[nH]c(=O)c4sccc4c23)cc1O. The third-order valence-electron chi connectivity index (χ3n) is 4.42. The number of nitrogens with two attached hydrogens (primary N) is 1. The molecule has 0 unspecified atom stereocenters. The number of phenolic OH excluding ortho intramolecular Hbond substituents is 2. The number of aromatic hydroxyl groups is 2. The molecule has 0 aliphatic carbocycles. The maximum Gasteiger partial charge on any atom is 0.266 e. The van der Waals surface area contributed by atoms with Crippen molar-refractivity contribution in [1.82, 2.24) is 4.98 Å². The first kappa shape index (κ1) is 19.7. The van der Waals surface area contributed by atoms with Gasteiger partial charge in [-0.3, -0.25) is 4.79 Å². The summed E-state index contributed by atoms with van der Waals surface area (Å²) in [4.78, 5) is 15.1. The van der Waals surface area contributed by atoms with E-state index in [1.165, 1.54) is 11.3 Å². The molecular weight excluding hydrogens is 452 g/mol. The summed E-state index contributed by atoms with van der Waals surface area (Å²) < 4.78 is 1.33. The van der Waals surface area contributed by atoms with E-state index in [0.29, 0.717) is 34.3 Å². The minimum Gasteiger partial charge on any atom is -0.508 e. The van der Waals surface area contributed by atoms with Gasteiger partial charge < -0.3 is 20.9 Å². The van der Waals surface area contributed by atoms with Crippen LogP contribution >= 0.6 is 39.7 Å². The molecule has 140 valence electrons. The van der Waals surface area contributed by atoms with E-state index in [4.69, 9.17) is 5.73 Å². The fourth-order valence-corrected chi connectivity index (χ4v) is 4.64. The standard InChI is InChI=1S/C19H15BrN2O3S.ClH/c20-12-7-9(3-5-21)15(24)8-11(12)17-14(23)2-1-13-16(17)10-4-6-26-18(10)19(25)22-13;/h1-2,4,6-8,23-24H,3,5,21H2,(H,22,25);1H. The molecule has 0 fully saturated rings. The van der Waals surface area contributed by atoms with Gasteiger partial charge in [0.05, 0.1) is 0 Å². The van der Waals surface area contributed by atoms with Crippen molar-refractivity contribution in [3.63, 3.8) is 0 Å². The second-order valence-corrected chi connectivity index (χ2v) is 7.77. The molecule has 4 aromatic rings. The van der Waals surface area contributed by atoms with E-state index in [1.54, 1.807) is 18.2 Å². The third kappa shape index (κ3) is 3.21. The number of fused-ring (bicyclic) bond motifs is 3. The van der Waals surface area contributed by atoms with Gasteiger partial charge in [0.1, 0.15) is 16.2 Å². The molecule has 0 aliphatic rings. The summed E-state index contributed by atoms with van der Waals surface area (Å²) in [5.74, 6) is 0.194. The zero-order valence-electron chi connectivity index (χ0n) is 14.0. The Hall–Kier alpha value is -2.06. The lowest BCUT2D eigenvalue weighted by Crippen LogP contribution is -2.05. The number of benzene rings is 2. The van der Waals surface area contributed by atoms with Crippen LogP contribution in [-0.2, 0) is 6.42 Å². The number of H-pyrrole nitrogens is 1. The Morgan fingerprint density at radius 3 is 2.67 bits per heavy atom. The number of phenols is 2. The van der Waals surface area contributed by atoms with Crippen LogP contribution in [0.25, 0.3) is 32.1 Å². The number of thiophene rings is 1. The minimum atomic E-state index is -0.153. The van der Waals surface area contributed by atoms with Crippen LogP contribution in [0, 0.1) is 0 Å². The van der Waals surface area contributed by atoms with Crippen molar-refractivity contribution in [2.24, 2.45) is 5.73 Å². The smallest absolute Gasteiger partial charge is 0.266 e. The maximum atomic E-state index is 12.3.